The van der Waals surface area contributed by atoms with E-state index in [2.05, 4.69) is 10.3 Å². The summed E-state index contributed by atoms with van der Waals surface area (Å²) in [6.07, 6.45) is 2.13. The van der Waals surface area contributed by atoms with Gasteiger partial charge in [0.1, 0.15) is 6.54 Å². The minimum atomic E-state index is -0.254. The Bertz CT molecular complexity index is 982. The molecule has 2 aromatic carbocycles. The van der Waals surface area contributed by atoms with Crippen molar-refractivity contribution in [3.05, 3.63) is 75.3 Å². The van der Waals surface area contributed by atoms with Crippen LogP contribution in [0.2, 0.25) is 5.02 Å². The number of aromatic nitrogens is 2. The normalized spacial score (nSPS) is 10.8. The van der Waals surface area contributed by atoms with Gasteiger partial charge in [-0.15, -0.1) is 0 Å². The maximum absolute atomic E-state index is 12.4. The molecule has 0 aliphatic carbocycles. The van der Waals surface area contributed by atoms with Crippen LogP contribution in [0.3, 0.4) is 0 Å². The molecule has 0 spiro atoms. The highest BCUT2D eigenvalue weighted by Gasteiger charge is 2.08. The van der Waals surface area contributed by atoms with E-state index in [9.17, 15) is 9.59 Å². The van der Waals surface area contributed by atoms with Gasteiger partial charge in [0.25, 0.3) is 5.56 Å². The van der Waals surface area contributed by atoms with E-state index in [1.165, 1.54) is 22.0 Å². The molecule has 0 fully saturated rings. The molecular weight excluding hydrogens is 338 g/mol. The quantitative estimate of drug-likeness (QED) is 0.765. The molecule has 0 unspecified atom stereocenters. The van der Waals surface area contributed by atoms with Gasteiger partial charge < -0.3 is 5.32 Å². The van der Waals surface area contributed by atoms with Gasteiger partial charge in [-0.25, -0.2) is 4.98 Å². The lowest BCUT2D eigenvalue weighted by Gasteiger charge is -2.09. The van der Waals surface area contributed by atoms with Gasteiger partial charge in [-0.1, -0.05) is 35.9 Å². The van der Waals surface area contributed by atoms with Gasteiger partial charge in [-0.2, -0.15) is 0 Å². The number of carbonyl (C=O) groups excluding carboxylic acids is 1. The van der Waals surface area contributed by atoms with Crippen LogP contribution in [0.15, 0.2) is 53.6 Å². The molecule has 0 aliphatic rings. The molecule has 0 saturated carbocycles. The maximum Gasteiger partial charge on any atom is 0.261 e. The molecule has 5 nitrogen and oxygen atoms in total. The topological polar surface area (TPSA) is 64.0 Å². The van der Waals surface area contributed by atoms with Gasteiger partial charge in [-0.05, 0) is 42.7 Å². The number of benzene rings is 2. The van der Waals surface area contributed by atoms with Crippen molar-refractivity contribution in [3.8, 4) is 0 Å². The molecule has 0 saturated heterocycles. The Labute approximate surface area is 150 Å². The van der Waals surface area contributed by atoms with E-state index in [1.54, 1.807) is 18.2 Å². The summed E-state index contributed by atoms with van der Waals surface area (Å²) in [4.78, 5) is 28.7. The average molecular weight is 356 g/mol. The van der Waals surface area contributed by atoms with Crippen LogP contribution in [0.5, 0.6) is 0 Å². The van der Waals surface area contributed by atoms with Crippen molar-refractivity contribution < 1.29 is 4.79 Å². The monoisotopic (exact) mass is 355 g/mol. The van der Waals surface area contributed by atoms with Crippen LogP contribution in [0, 0.1) is 6.92 Å². The maximum atomic E-state index is 12.4. The summed E-state index contributed by atoms with van der Waals surface area (Å²) in [6.45, 7) is 2.51. The largest absolute Gasteiger partial charge is 0.354 e. The molecule has 3 aromatic rings. The smallest absolute Gasteiger partial charge is 0.261 e. The third-order valence-electron chi connectivity index (χ3n) is 4.08. The summed E-state index contributed by atoms with van der Waals surface area (Å²) in [7, 11) is 0. The summed E-state index contributed by atoms with van der Waals surface area (Å²) in [5.41, 5.74) is 2.67. The van der Waals surface area contributed by atoms with Crippen LogP contribution in [0.4, 0.5) is 0 Å². The van der Waals surface area contributed by atoms with E-state index in [-0.39, 0.29) is 18.0 Å². The highest BCUT2D eigenvalue weighted by molar-refractivity contribution is 6.31. The van der Waals surface area contributed by atoms with Gasteiger partial charge in [0, 0.05) is 11.6 Å². The minimum absolute atomic E-state index is 0.0574. The molecular formula is C19H18ClN3O2. The fourth-order valence-corrected chi connectivity index (χ4v) is 2.85. The lowest BCUT2D eigenvalue weighted by Crippen LogP contribution is -2.33. The fourth-order valence-electron chi connectivity index (χ4n) is 2.68. The molecule has 1 heterocycles. The van der Waals surface area contributed by atoms with E-state index < -0.39 is 0 Å². The molecule has 1 amide bonds. The number of fused-ring (bicyclic) bond motifs is 1. The predicted octanol–water partition coefficient (Wildman–Crippen LogP) is 2.72. The number of hydrogen-bond donors (Lipinski definition) is 1. The molecule has 3 rings (SSSR count). The van der Waals surface area contributed by atoms with E-state index in [1.807, 2.05) is 31.2 Å². The molecule has 0 atom stereocenters. The van der Waals surface area contributed by atoms with Crippen molar-refractivity contribution in [2.75, 3.05) is 6.54 Å². The number of amides is 1. The Kier molecular flexibility index (Phi) is 5.14. The van der Waals surface area contributed by atoms with Crippen LogP contribution in [0.25, 0.3) is 10.9 Å². The predicted molar refractivity (Wildman–Crippen MR) is 98.9 cm³/mol. The van der Waals surface area contributed by atoms with Gasteiger partial charge >= 0.3 is 0 Å². The second kappa shape index (κ2) is 7.49. The van der Waals surface area contributed by atoms with E-state index in [0.717, 1.165) is 6.42 Å². The third-order valence-corrected chi connectivity index (χ3v) is 4.31. The average Bonchev–Trinajstić information content (AvgIpc) is 2.59. The Hall–Kier alpha value is -2.66. The number of rotatable bonds is 5. The highest BCUT2D eigenvalue weighted by Crippen LogP contribution is 2.14. The zero-order valence-electron chi connectivity index (χ0n) is 13.8. The summed E-state index contributed by atoms with van der Waals surface area (Å²) in [6, 6.07) is 13.0. The van der Waals surface area contributed by atoms with E-state index in [4.69, 9.17) is 11.6 Å². The fraction of sp³-hybridized carbons (Fsp3) is 0.211. The van der Waals surface area contributed by atoms with Crippen LogP contribution in [-0.4, -0.2) is 22.0 Å². The molecule has 25 heavy (non-hydrogen) atoms. The molecule has 0 bridgehead atoms. The van der Waals surface area contributed by atoms with Crippen molar-refractivity contribution in [1.29, 1.82) is 0 Å². The summed E-state index contributed by atoms with van der Waals surface area (Å²) in [5, 5.41) is 3.81. The minimum Gasteiger partial charge on any atom is -0.354 e. The second-order valence-electron chi connectivity index (χ2n) is 5.87. The first-order chi connectivity index (χ1) is 12.0. The van der Waals surface area contributed by atoms with E-state index in [0.29, 0.717) is 22.5 Å². The summed E-state index contributed by atoms with van der Waals surface area (Å²) < 4.78 is 1.30. The number of nitrogens with zero attached hydrogens (tertiary/aromatic N) is 2. The second-order valence-corrected chi connectivity index (χ2v) is 6.30. The van der Waals surface area contributed by atoms with Crippen molar-refractivity contribution in [2.24, 2.45) is 0 Å². The third kappa shape index (κ3) is 4.06. The summed E-state index contributed by atoms with van der Waals surface area (Å²) in [5.74, 6) is -0.217. The van der Waals surface area contributed by atoms with Crippen LogP contribution >= 0.6 is 11.6 Å². The number of carbonyl (C=O) groups is 1. The Morgan fingerprint density at radius 1 is 1.24 bits per heavy atom. The Balaban J connectivity index is 1.64. The van der Waals surface area contributed by atoms with Gasteiger partial charge in [0.2, 0.25) is 5.91 Å². The first kappa shape index (κ1) is 17.2. The van der Waals surface area contributed by atoms with Crippen LogP contribution in [-0.2, 0) is 17.8 Å². The zero-order chi connectivity index (χ0) is 17.8. The number of aryl methyl sites for hydroxylation is 1. The SMILES string of the molecule is Cc1ccccc1CCNC(=O)Cn1cnc2cc(Cl)ccc2c1=O. The van der Waals surface area contributed by atoms with Gasteiger partial charge in [0.05, 0.1) is 17.2 Å². The molecule has 6 heteroatoms. The highest BCUT2D eigenvalue weighted by atomic mass is 35.5. The summed E-state index contributed by atoms with van der Waals surface area (Å²) >= 11 is 5.90. The number of hydrogen-bond acceptors (Lipinski definition) is 3. The lowest BCUT2D eigenvalue weighted by molar-refractivity contribution is -0.121. The van der Waals surface area contributed by atoms with Crippen molar-refractivity contribution in [2.45, 2.75) is 19.9 Å². The molecule has 0 radical (unpaired) electrons. The Morgan fingerprint density at radius 3 is 2.84 bits per heavy atom. The molecule has 1 N–H and O–H groups in total. The standard InChI is InChI=1S/C19H18ClN3O2/c1-13-4-2-3-5-14(13)8-9-21-18(24)11-23-12-22-17-10-15(20)6-7-16(17)19(23)25/h2-7,10,12H,8-9,11H2,1H3,(H,21,24). The Morgan fingerprint density at radius 2 is 2.04 bits per heavy atom. The van der Waals surface area contributed by atoms with Crippen LogP contribution in [0.1, 0.15) is 11.1 Å². The first-order valence-corrected chi connectivity index (χ1v) is 8.38. The molecule has 0 aliphatic heterocycles. The van der Waals surface area contributed by atoms with Gasteiger partial charge in [-0.3, -0.25) is 14.2 Å². The van der Waals surface area contributed by atoms with Gasteiger partial charge in [0.15, 0.2) is 0 Å². The molecule has 1 aromatic heterocycles. The van der Waals surface area contributed by atoms with Crippen LogP contribution < -0.4 is 10.9 Å². The zero-order valence-corrected chi connectivity index (χ0v) is 14.6. The van der Waals surface area contributed by atoms with E-state index >= 15 is 0 Å². The van der Waals surface area contributed by atoms with Crippen molar-refractivity contribution in [1.82, 2.24) is 14.9 Å². The first-order valence-electron chi connectivity index (χ1n) is 8.00. The molecule has 128 valence electrons. The van der Waals surface area contributed by atoms with Crippen molar-refractivity contribution in [3.63, 3.8) is 0 Å². The number of halogens is 1. The lowest BCUT2D eigenvalue weighted by atomic mass is 10.1. The van der Waals surface area contributed by atoms with Crippen molar-refractivity contribution >= 4 is 28.4 Å². The number of nitrogens with one attached hydrogen (secondary N) is 1.